The van der Waals surface area contributed by atoms with E-state index in [-0.39, 0.29) is 36.8 Å². The van der Waals surface area contributed by atoms with E-state index in [9.17, 15) is 14.0 Å². The van der Waals surface area contributed by atoms with Gasteiger partial charge in [0.2, 0.25) is 5.91 Å². The molecule has 2 aromatic rings. The van der Waals surface area contributed by atoms with Crippen LogP contribution in [0.25, 0.3) is 0 Å². The monoisotopic (exact) mass is 359 g/mol. The van der Waals surface area contributed by atoms with Crippen LogP contribution in [0.1, 0.15) is 12.0 Å². The number of carbonyl (C=O) groups is 1. The number of aryl methyl sites for hydroxylation is 1. The van der Waals surface area contributed by atoms with Gasteiger partial charge in [-0.05, 0) is 6.07 Å². The fourth-order valence-electron chi connectivity index (χ4n) is 2.82. The highest BCUT2D eigenvalue weighted by Crippen LogP contribution is 2.10. The first kappa shape index (κ1) is 18.1. The minimum absolute atomic E-state index is 0.105. The van der Waals surface area contributed by atoms with Crippen molar-refractivity contribution in [2.24, 2.45) is 0 Å². The number of nitrogens with zero attached hydrogens (tertiary/aromatic N) is 3. The number of aromatic nitrogens is 2. The van der Waals surface area contributed by atoms with Crippen LogP contribution in [0, 0.1) is 5.82 Å². The van der Waals surface area contributed by atoms with E-state index in [1.54, 1.807) is 30.5 Å². The Hall–Kier alpha value is -2.74. The maximum absolute atomic E-state index is 13.5. The second-order valence-corrected chi connectivity index (χ2v) is 6.13. The Bertz CT molecular complexity index is 817. The summed E-state index contributed by atoms with van der Waals surface area (Å²) in [6, 6.07) is 7.84. The normalized spacial score (nSPS) is 14.3. The van der Waals surface area contributed by atoms with Gasteiger partial charge in [-0.25, -0.2) is 9.07 Å². The number of carbonyl (C=O) groups excluding carboxylic acids is 1. The lowest BCUT2D eigenvalue weighted by atomic mass is 10.2. The van der Waals surface area contributed by atoms with Gasteiger partial charge in [-0.15, -0.1) is 0 Å². The Labute approximate surface area is 150 Å². The molecule has 8 heteroatoms. The predicted octanol–water partition coefficient (Wildman–Crippen LogP) is 0.499. The van der Waals surface area contributed by atoms with Crippen molar-refractivity contribution < 1.29 is 9.18 Å². The Kier molecular flexibility index (Phi) is 5.96. The maximum Gasteiger partial charge on any atom is 0.268 e. The van der Waals surface area contributed by atoms with Crippen LogP contribution in [0.4, 0.5) is 10.1 Å². The molecule has 1 aromatic carbocycles. The molecule has 2 N–H and O–H groups in total. The zero-order chi connectivity index (χ0) is 18.4. The minimum atomic E-state index is -0.353. The van der Waals surface area contributed by atoms with Gasteiger partial charge in [0.1, 0.15) is 5.82 Å². The smallest absolute Gasteiger partial charge is 0.268 e. The van der Waals surface area contributed by atoms with E-state index in [2.05, 4.69) is 20.6 Å². The number of hydrogen-bond acceptors (Lipinski definition) is 5. The van der Waals surface area contributed by atoms with Crippen LogP contribution in [0.5, 0.6) is 0 Å². The highest BCUT2D eigenvalue weighted by molar-refractivity contribution is 5.75. The molecule has 0 unspecified atom stereocenters. The van der Waals surface area contributed by atoms with Gasteiger partial charge < -0.3 is 15.5 Å². The first-order valence-electron chi connectivity index (χ1n) is 8.66. The van der Waals surface area contributed by atoms with Crippen LogP contribution in [0.2, 0.25) is 0 Å². The summed E-state index contributed by atoms with van der Waals surface area (Å²) in [4.78, 5) is 26.2. The summed E-state index contributed by atoms with van der Waals surface area (Å²) in [5.74, 6) is -0.609. The third-order valence-corrected chi connectivity index (χ3v) is 4.32. The Balaban J connectivity index is 1.51. The van der Waals surface area contributed by atoms with Crippen molar-refractivity contribution in [1.29, 1.82) is 0 Å². The average Bonchev–Trinajstić information content (AvgIpc) is 2.67. The van der Waals surface area contributed by atoms with Gasteiger partial charge >= 0.3 is 0 Å². The SMILES string of the molecule is O=C(CCn1ncc(N2CCNCC2)cc1=O)NCc1ccccc1F. The molecule has 0 aliphatic carbocycles. The van der Waals surface area contributed by atoms with E-state index in [1.165, 1.54) is 10.7 Å². The van der Waals surface area contributed by atoms with E-state index in [0.29, 0.717) is 5.56 Å². The summed E-state index contributed by atoms with van der Waals surface area (Å²) in [5.41, 5.74) is 0.996. The molecule has 0 radical (unpaired) electrons. The molecule has 1 saturated heterocycles. The molecule has 0 atom stereocenters. The average molecular weight is 359 g/mol. The number of anilines is 1. The Morgan fingerprint density at radius 1 is 1.27 bits per heavy atom. The molecule has 1 amide bonds. The lowest BCUT2D eigenvalue weighted by Crippen LogP contribution is -2.44. The van der Waals surface area contributed by atoms with Crippen molar-refractivity contribution in [2.45, 2.75) is 19.5 Å². The van der Waals surface area contributed by atoms with E-state index in [1.807, 2.05) is 0 Å². The lowest BCUT2D eigenvalue weighted by molar-refractivity contribution is -0.121. The van der Waals surface area contributed by atoms with Crippen molar-refractivity contribution in [3.8, 4) is 0 Å². The van der Waals surface area contributed by atoms with Crippen LogP contribution in [0.15, 0.2) is 41.3 Å². The molecular formula is C18H22FN5O2. The number of nitrogens with one attached hydrogen (secondary N) is 2. The largest absolute Gasteiger partial charge is 0.368 e. The van der Waals surface area contributed by atoms with Crippen molar-refractivity contribution >= 4 is 11.6 Å². The number of piperazine rings is 1. The van der Waals surface area contributed by atoms with E-state index in [0.717, 1.165) is 31.9 Å². The second-order valence-electron chi connectivity index (χ2n) is 6.13. The highest BCUT2D eigenvalue weighted by atomic mass is 19.1. The summed E-state index contributed by atoms with van der Waals surface area (Å²) >= 11 is 0. The van der Waals surface area contributed by atoms with Gasteiger partial charge in [-0.2, -0.15) is 5.10 Å². The Morgan fingerprint density at radius 2 is 2.04 bits per heavy atom. The zero-order valence-corrected chi connectivity index (χ0v) is 14.4. The molecule has 3 rings (SSSR count). The van der Waals surface area contributed by atoms with Gasteiger partial charge in [0.25, 0.3) is 5.56 Å². The molecule has 26 heavy (non-hydrogen) atoms. The number of halogens is 1. The second kappa shape index (κ2) is 8.57. The predicted molar refractivity (Wildman–Crippen MR) is 96.4 cm³/mol. The van der Waals surface area contributed by atoms with Crippen LogP contribution in [-0.2, 0) is 17.9 Å². The van der Waals surface area contributed by atoms with Gasteiger partial charge in [0, 0.05) is 50.8 Å². The summed E-state index contributed by atoms with van der Waals surface area (Å²) in [5, 5.41) is 10.1. The van der Waals surface area contributed by atoms with Gasteiger partial charge in [0.05, 0.1) is 18.4 Å². The summed E-state index contributed by atoms with van der Waals surface area (Å²) < 4.78 is 14.8. The van der Waals surface area contributed by atoms with Gasteiger partial charge in [0.15, 0.2) is 0 Å². The van der Waals surface area contributed by atoms with Crippen molar-refractivity contribution in [3.63, 3.8) is 0 Å². The van der Waals surface area contributed by atoms with Crippen LogP contribution in [-0.4, -0.2) is 41.9 Å². The van der Waals surface area contributed by atoms with Crippen molar-refractivity contribution in [1.82, 2.24) is 20.4 Å². The number of rotatable bonds is 6. The topological polar surface area (TPSA) is 79.3 Å². The standard InChI is InChI=1S/C18H22FN5O2/c19-16-4-2-1-3-14(16)12-21-17(25)5-8-24-18(26)11-15(13-22-24)23-9-6-20-7-10-23/h1-4,11,13,20H,5-10,12H2,(H,21,25). The first-order chi connectivity index (χ1) is 12.6. The molecule has 0 bridgehead atoms. The molecule has 0 saturated carbocycles. The molecule has 1 fully saturated rings. The van der Waals surface area contributed by atoms with Crippen molar-refractivity contribution in [2.75, 3.05) is 31.1 Å². The molecule has 0 spiro atoms. The van der Waals surface area contributed by atoms with Crippen LogP contribution in [0.3, 0.4) is 0 Å². The molecule has 7 nitrogen and oxygen atoms in total. The van der Waals surface area contributed by atoms with Crippen LogP contribution < -0.4 is 21.1 Å². The first-order valence-corrected chi connectivity index (χ1v) is 8.66. The fraction of sp³-hybridized carbons (Fsp3) is 0.389. The lowest BCUT2D eigenvalue weighted by Gasteiger charge is -2.28. The molecule has 2 heterocycles. The molecule has 138 valence electrons. The number of amides is 1. The zero-order valence-electron chi connectivity index (χ0n) is 14.4. The maximum atomic E-state index is 13.5. The van der Waals surface area contributed by atoms with Gasteiger partial charge in [-0.3, -0.25) is 9.59 Å². The third-order valence-electron chi connectivity index (χ3n) is 4.32. The fourth-order valence-corrected chi connectivity index (χ4v) is 2.82. The molecular weight excluding hydrogens is 337 g/mol. The summed E-state index contributed by atoms with van der Waals surface area (Å²) in [6.07, 6.45) is 1.76. The van der Waals surface area contributed by atoms with E-state index >= 15 is 0 Å². The van der Waals surface area contributed by atoms with E-state index < -0.39 is 0 Å². The quantitative estimate of drug-likeness (QED) is 0.785. The minimum Gasteiger partial charge on any atom is -0.368 e. The Morgan fingerprint density at radius 3 is 2.77 bits per heavy atom. The molecule has 1 aromatic heterocycles. The van der Waals surface area contributed by atoms with Gasteiger partial charge in [-0.1, -0.05) is 18.2 Å². The molecule has 1 aliphatic heterocycles. The van der Waals surface area contributed by atoms with Crippen molar-refractivity contribution in [3.05, 3.63) is 58.3 Å². The highest BCUT2D eigenvalue weighted by Gasteiger charge is 2.12. The van der Waals surface area contributed by atoms with Crippen LogP contribution >= 0.6 is 0 Å². The van der Waals surface area contributed by atoms with E-state index in [4.69, 9.17) is 0 Å². The molecule has 1 aliphatic rings. The number of hydrogen-bond donors (Lipinski definition) is 2. The summed E-state index contributed by atoms with van der Waals surface area (Å²) in [6.45, 7) is 3.74. The number of benzene rings is 1. The summed E-state index contributed by atoms with van der Waals surface area (Å²) in [7, 11) is 0. The third kappa shape index (κ3) is 4.66.